The minimum atomic E-state index is 0.512. The van der Waals surface area contributed by atoms with Crippen molar-refractivity contribution >= 4 is 5.57 Å². The lowest BCUT2D eigenvalue weighted by Gasteiger charge is -2.13. The van der Waals surface area contributed by atoms with Crippen molar-refractivity contribution < 1.29 is 4.74 Å². The summed E-state index contributed by atoms with van der Waals surface area (Å²) in [6, 6.07) is 17.0. The molecule has 0 fully saturated rings. The van der Waals surface area contributed by atoms with Crippen molar-refractivity contribution in [2.45, 2.75) is 12.8 Å². The van der Waals surface area contributed by atoms with E-state index in [1.165, 1.54) is 22.3 Å². The number of hydrogen-bond acceptors (Lipinski definition) is 2. The van der Waals surface area contributed by atoms with E-state index >= 15 is 0 Å². The molecule has 0 bridgehead atoms. The van der Waals surface area contributed by atoms with E-state index in [-0.39, 0.29) is 0 Å². The summed E-state index contributed by atoms with van der Waals surface area (Å²) in [5, 5.41) is 0. The molecule has 3 rings (SSSR count). The molecule has 2 nitrogen and oxygen atoms in total. The van der Waals surface area contributed by atoms with Crippen molar-refractivity contribution in [2.75, 3.05) is 13.7 Å². The monoisotopic (exact) mass is 279 g/mol. The van der Waals surface area contributed by atoms with Gasteiger partial charge in [-0.2, -0.15) is 0 Å². The third kappa shape index (κ3) is 2.86. The molecule has 0 aromatic heterocycles. The molecule has 2 aromatic rings. The Labute approximate surface area is 126 Å². The first-order valence-corrected chi connectivity index (χ1v) is 7.43. The Morgan fingerprint density at radius 2 is 2.00 bits per heavy atom. The summed E-state index contributed by atoms with van der Waals surface area (Å²) in [5.74, 6) is 1.43. The molecule has 1 aliphatic carbocycles. The van der Waals surface area contributed by atoms with Crippen LogP contribution in [0.25, 0.3) is 5.57 Å². The Morgan fingerprint density at radius 3 is 2.71 bits per heavy atom. The fourth-order valence-corrected chi connectivity index (χ4v) is 3.21. The van der Waals surface area contributed by atoms with E-state index in [1.807, 2.05) is 6.07 Å². The summed E-state index contributed by atoms with van der Waals surface area (Å²) in [6.45, 7) is 0.581. The number of nitrogens with two attached hydrogens (primary N) is 1. The maximum Gasteiger partial charge on any atom is 0.119 e. The maximum atomic E-state index is 5.78. The van der Waals surface area contributed by atoms with Gasteiger partial charge in [0.2, 0.25) is 0 Å². The number of methoxy groups -OCH3 is 1. The second-order valence-corrected chi connectivity index (χ2v) is 5.51. The average Bonchev–Trinajstić information content (AvgIpc) is 2.85. The van der Waals surface area contributed by atoms with Gasteiger partial charge >= 0.3 is 0 Å². The Kier molecular flexibility index (Phi) is 4.07. The van der Waals surface area contributed by atoms with Crippen molar-refractivity contribution in [3.63, 3.8) is 0 Å². The molecule has 1 aliphatic rings. The highest BCUT2D eigenvalue weighted by molar-refractivity contribution is 5.76. The molecule has 21 heavy (non-hydrogen) atoms. The normalized spacial score (nSPS) is 18.8. The molecule has 0 aliphatic heterocycles. The molecule has 108 valence electrons. The highest BCUT2D eigenvalue weighted by Gasteiger charge is 2.27. The summed E-state index contributed by atoms with van der Waals surface area (Å²) in [7, 11) is 1.71. The van der Waals surface area contributed by atoms with Gasteiger partial charge in [0.25, 0.3) is 0 Å². The van der Waals surface area contributed by atoms with Crippen molar-refractivity contribution in [1.82, 2.24) is 0 Å². The molecule has 2 aromatic carbocycles. The number of fused-ring (bicyclic) bond motifs is 1. The molecule has 0 saturated carbocycles. The van der Waals surface area contributed by atoms with Crippen LogP contribution in [0.4, 0.5) is 0 Å². The number of allylic oxidation sites excluding steroid dienone is 1. The van der Waals surface area contributed by atoms with Crippen LogP contribution in [0.1, 0.15) is 16.7 Å². The van der Waals surface area contributed by atoms with E-state index in [0.29, 0.717) is 12.5 Å². The standard InChI is InChI=1S/C19H21NO/c1-21-17-8-7-15-12-16(11-14-5-3-2-4-6-14)18(9-10-20)19(15)13-17/h2-9,13,16H,10-12,20H2,1H3/b18-9-. The van der Waals surface area contributed by atoms with E-state index in [4.69, 9.17) is 10.5 Å². The fraction of sp³-hybridized carbons (Fsp3) is 0.263. The molecular weight excluding hydrogens is 258 g/mol. The van der Waals surface area contributed by atoms with Crippen LogP contribution in [-0.4, -0.2) is 13.7 Å². The van der Waals surface area contributed by atoms with Gasteiger partial charge in [-0.05, 0) is 53.2 Å². The lowest BCUT2D eigenvalue weighted by molar-refractivity contribution is 0.414. The van der Waals surface area contributed by atoms with Crippen molar-refractivity contribution in [3.8, 4) is 5.75 Å². The van der Waals surface area contributed by atoms with Gasteiger partial charge in [-0.15, -0.1) is 0 Å². The van der Waals surface area contributed by atoms with E-state index in [0.717, 1.165) is 18.6 Å². The van der Waals surface area contributed by atoms with Crippen LogP contribution in [0.2, 0.25) is 0 Å². The van der Waals surface area contributed by atoms with Crippen LogP contribution in [0, 0.1) is 5.92 Å². The molecule has 2 N–H and O–H groups in total. The number of hydrogen-bond donors (Lipinski definition) is 1. The Hall–Kier alpha value is -2.06. The maximum absolute atomic E-state index is 5.78. The zero-order valence-electron chi connectivity index (χ0n) is 12.4. The van der Waals surface area contributed by atoms with Gasteiger partial charge in [0.05, 0.1) is 7.11 Å². The predicted octanol–water partition coefficient (Wildman–Crippen LogP) is 3.45. The van der Waals surface area contributed by atoms with Crippen LogP contribution in [-0.2, 0) is 12.8 Å². The Balaban J connectivity index is 1.92. The lowest BCUT2D eigenvalue weighted by Crippen LogP contribution is -2.05. The van der Waals surface area contributed by atoms with Crippen LogP contribution < -0.4 is 10.5 Å². The molecule has 0 spiro atoms. The molecule has 1 unspecified atom stereocenters. The number of ether oxygens (including phenoxy) is 1. The lowest BCUT2D eigenvalue weighted by atomic mass is 9.92. The minimum absolute atomic E-state index is 0.512. The quantitative estimate of drug-likeness (QED) is 0.930. The summed E-state index contributed by atoms with van der Waals surface area (Å²) in [6.07, 6.45) is 4.31. The third-order valence-corrected chi connectivity index (χ3v) is 4.20. The molecule has 0 amide bonds. The summed E-state index contributed by atoms with van der Waals surface area (Å²) >= 11 is 0. The largest absolute Gasteiger partial charge is 0.497 e. The van der Waals surface area contributed by atoms with E-state index in [1.54, 1.807) is 7.11 Å². The topological polar surface area (TPSA) is 35.2 Å². The second kappa shape index (κ2) is 6.15. The van der Waals surface area contributed by atoms with Crippen LogP contribution >= 0.6 is 0 Å². The second-order valence-electron chi connectivity index (χ2n) is 5.51. The van der Waals surface area contributed by atoms with Crippen LogP contribution in [0.15, 0.2) is 54.6 Å². The highest BCUT2D eigenvalue weighted by atomic mass is 16.5. The predicted molar refractivity (Wildman–Crippen MR) is 87.4 cm³/mol. The van der Waals surface area contributed by atoms with Gasteiger partial charge in [0.15, 0.2) is 0 Å². The van der Waals surface area contributed by atoms with Gasteiger partial charge in [-0.25, -0.2) is 0 Å². The molecule has 0 radical (unpaired) electrons. The first kappa shape index (κ1) is 13.9. The van der Waals surface area contributed by atoms with Gasteiger partial charge in [-0.1, -0.05) is 42.5 Å². The average molecular weight is 279 g/mol. The van der Waals surface area contributed by atoms with Crippen molar-refractivity contribution in [3.05, 3.63) is 71.3 Å². The van der Waals surface area contributed by atoms with E-state index in [2.05, 4.69) is 48.5 Å². The summed E-state index contributed by atoms with van der Waals surface area (Å²) in [5.41, 5.74) is 11.2. The fourth-order valence-electron chi connectivity index (χ4n) is 3.21. The third-order valence-electron chi connectivity index (χ3n) is 4.20. The van der Waals surface area contributed by atoms with Gasteiger partial charge in [0, 0.05) is 6.54 Å². The van der Waals surface area contributed by atoms with Crippen LogP contribution in [0.5, 0.6) is 5.75 Å². The number of benzene rings is 2. The Morgan fingerprint density at radius 1 is 1.19 bits per heavy atom. The first-order valence-electron chi connectivity index (χ1n) is 7.43. The highest BCUT2D eigenvalue weighted by Crippen LogP contribution is 2.40. The van der Waals surface area contributed by atoms with E-state index in [9.17, 15) is 0 Å². The zero-order chi connectivity index (χ0) is 14.7. The van der Waals surface area contributed by atoms with Crippen molar-refractivity contribution in [2.24, 2.45) is 11.7 Å². The van der Waals surface area contributed by atoms with Gasteiger partial charge < -0.3 is 10.5 Å². The molecular formula is C19H21NO. The Bertz CT molecular complexity index is 646. The summed E-state index contributed by atoms with van der Waals surface area (Å²) in [4.78, 5) is 0. The molecule has 0 saturated heterocycles. The molecule has 1 atom stereocenters. The van der Waals surface area contributed by atoms with Gasteiger partial charge in [0.1, 0.15) is 5.75 Å². The molecule has 2 heteroatoms. The molecule has 0 heterocycles. The first-order chi connectivity index (χ1) is 10.3. The zero-order valence-corrected chi connectivity index (χ0v) is 12.4. The smallest absolute Gasteiger partial charge is 0.119 e. The number of rotatable bonds is 4. The summed E-state index contributed by atoms with van der Waals surface area (Å²) < 4.78 is 5.36. The van der Waals surface area contributed by atoms with Crippen molar-refractivity contribution in [1.29, 1.82) is 0 Å². The van der Waals surface area contributed by atoms with Gasteiger partial charge in [-0.3, -0.25) is 0 Å². The SMILES string of the molecule is COc1ccc2c(c1)/C(=C\CN)C(Cc1ccccc1)C2. The van der Waals surface area contributed by atoms with Crippen LogP contribution in [0.3, 0.4) is 0 Å². The minimum Gasteiger partial charge on any atom is -0.497 e. The van der Waals surface area contributed by atoms with E-state index < -0.39 is 0 Å².